The van der Waals surface area contributed by atoms with Crippen LogP contribution in [0.2, 0.25) is 0 Å². The van der Waals surface area contributed by atoms with Crippen molar-refractivity contribution in [2.75, 3.05) is 0 Å². The summed E-state index contributed by atoms with van der Waals surface area (Å²) >= 11 is 4.68. The molecule has 0 atom stereocenters. The fraction of sp³-hybridized carbons (Fsp3) is 0.158. The molecule has 7 nitrogen and oxygen atoms in total. The van der Waals surface area contributed by atoms with Gasteiger partial charge < -0.3 is 10.5 Å². The third-order valence-corrected chi connectivity index (χ3v) is 3.80. The minimum absolute atomic E-state index is 0.127. The molecule has 3 N–H and O–H groups in total. The van der Waals surface area contributed by atoms with E-state index >= 15 is 0 Å². The maximum Gasteiger partial charge on any atom is 0.184 e. The summed E-state index contributed by atoms with van der Waals surface area (Å²) in [6.07, 6.45) is 3.52. The van der Waals surface area contributed by atoms with Crippen LogP contribution in [0.3, 0.4) is 0 Å². The van der Waals surface area contributed by atoms with Crippen LogP contribution < -0.4 is 15.9 Å². The molecule has 2 aromatic carbocycles. The summed E-state index contributed by atoms with van der Waals surface area (Å²) in [4.78, 5) is 0. The average Bonchev–Trinajstić information content (AvgIpc) is 3.10. The number of nitrogens with two attached hydrogens (primary N) is 1. The smallest absolute Gasteiger partial charge is 0.184 e. The maximum absolute atomic E-state index is 5.75. The minimum atomic E-state index is 0.127. The van der Waals surface area contributed by atoms with Crippen LogP contribution in [-0.4, -0.2) is 26.3 Å². The van der Waals surface area contributed by atoms with Crippen LogP contribution in [0, 0.1) is 6.92 Å². The van der Waals surface area contributed by atoms with Gasteiger partial charge in [0.25, 0.3) is 0 Å². The van der Waals surface area contributed by atoms with E-state index in [1.54, 1.807) is 10.9 Å². The van der Waals surface area contributed by atoms with Crippen molar-refractivity contribution in [3.05, 3.63) is 77.1 Å². The summed E-state index contributed by atoms with van der Waals surface area (Å²) in [6.45, 7) is 3.10. The molecule has 8 heteroatoms. The van der Waals surface area contributed by atoms with Gasteiger partial charge in [0.2, 0.25) is 0 Å². The van der Waals surface area contributed by atoms with Gasteiger partial charge in [-0.1, -0.05) is 35.0 Å². The topological polar surface area (TPSA) is 90.3 Å². The number of nitrogens with one attached hydrogen (secondary N) is 1. The Morgan fingerprint density at radius 2 is 1.96 bits per heavy atom. The molecule has 0 saturated heterocycles. The van der Waals surface area contributed by atoms with Crippen LogP contribution in [0.1, 0.15) is 22.4 Å². The summed E-state index contributed by atoms with van der Waals surface area (Å²) in [5, 5.41) is 12.3. The standard InChI is InChI=1S/C19H20N6OS/c1-14-2-4-16(5-3-14)11-25-12-17(22-24-25)13-26-18-8-6-15(7-9-18)10-21-23-19(20)27/h2-10,12H,11,13H2,1H3,(H3,20,23,27)/b21-10+. The van der Waals surface area contributed by atoms with Crippen molar-refractivity contribution in [3.8, 4) is 5.75 Å². The number of hydrogen-bond donors (Lipinski definition) is 2. The number of nitrogens with zero attached hydrogens (tertiary/aromatic N) is 4. The molecule has 27 heavy (non-hydrogen) atoms. The lowest BCUT2D eigenvalue weighted by molar-refractivity contribution is 0.301. The molecule has 0 aliphatic carbocycles. The zero-order valence-electron chi connectivity index (χ0n) is 14.9. The molecule has 0 amide bonds. The quantitative estimate of drug-likeness (QED) is 0.372. The summed E-state index contributed by atoms with van der Waals surface area (Å²) in [7, 11) is 0. The number of benzene rings is 2. The van der Waals surface area contributed by atoms with Crippen LogP contribution in [0.25, 0.3) is 0 Å². The third kappa shape index (κ3) is 5.89. The minimum Gasteiger partial charge on any atom is -0.487 e. The van der Waals surface area contributed by atoms with E-state index in [2.05, 4.69) is 64.2 Å². The van der Waals surface area contributed by atoms with E-state index < -0.39 is 0 Å². The number of hydrogen-bond acceptors (Lipinski definition) is 5. The monoisotopic (exact) mass is 380 g/mol. The molecule has 0 bridgehead atoms. The number of hydrazone groups is 1. The lowest BCUT2D eigenvalue weighted by Gasteiger charge is -2.04. The molecular formula is C19H20N6OS. The molecule has 0 spiro atoms. The van der Waals surface area contributed by atoms with Crippen molar-refractivity contribution in [3.63, 3.8) is 0 Å². The fourth-order valence-corrected chi connectivity index (χ4v) is 2.39. The molecule has 0 unspecified atom stereocenters. The Labute approximate surface area is 162 Å². The van der Waals surface area contributed by atoms with Gasteiger partial charge in [-0.3, -0.25) is 5.43 Å². The van der Waals surface area contributed by atoms with Crippen LogP contribution >= 0.6 is 12.2 Å². The lowest BCUT2D eigenvalue weighted by atomic mass is 10.1. The van der Waals surface area contributed by atoms with Crippen LogP contribution in [-0.2, 0) is 13.2 Å². The predicted molar refractivity (Wildman–Crippen MR) is 109 cm³/mol. The highest BCUT2D eigenvalue weighted by molar-refractivity contribution is 7.80. The first kappa shape index (κ1) is 18.5. The van der Waals surface area contributed by atoms with Gasteiger partial charge in [-0.25, -0.2) is 4.68 Å². The van der Waals surface area contributed by atoms with Crippen LogP contribution in [0.4, 0.5) is 0 Å². The van der Waals surface area contributed by atoms with E-state index in [4.69, 9.17) is 10.5 Å². The molecule has 3 aromatic rings. The second kappa shape index (κ2) is 8.91. The van der Waals surface area contributed by atoms with Gasteiger partial charge >= 0.3 is 0 Å². The van der Waals surface area contributed by atoms with E-state index in [1.807, 2.05) is 30.5 Å². The highest BCUT2D eigenvalue weighted by Crippen LogP contribution is 2.13. The Morgan fingerprint density at radius 1 is 1.22 bits per heavy atom. The van der Waals surface area contributed by atoms with E-state index in [1.165, 1.54) is 11.1 Å². The van der Waals surface area contributed by atoms with Gasteiger partial charge in [0.1, 0.15) is 18.1 Å². The maximum atomic E-state index is 5.75. The summed E-state index contributed by atoms with van der Waals surface area (Å²) in [5.74, 6) is 0.738. The normalized spacial score (nSPS) is 10.9. The van der Waals surface area contributed by atoms with Gasteiger partial charge in [0.05, 0.1) is 19.0 Å². The van der Waals surface area contributed by atoms with E-state index in [9.17, 15) is 0 Å². The first-order valence-electron chi connectivity index (χ1n) is 8.34. The molecule has 0 saturated carbocycles. The third-order valence-electron chi connectivity index (χ3n) is 3.71. The number of aryl methyl sites for hydroxylation is 1. The molecule has 3 rings (SSSR count). The Hall–Kier alpha value is -3.26. The molecule has 1 heterocycles. The largest absolute Gasteiger partial charge is 0.487 e. The van der Waals surface area contributed by atoms with Crippen molar-refractivity contribution in [2.45, 2.75) is 20.1 Å². The number of thiocarbonyl (C=S) groups is 1. The van der Waals surface area contributed by atoms with Crippen molar-refractivity contribution in [1.29, 1.82) is 0 Å². The second-order valence-electron chi connectivity index (χ2n) is 5.99. The Kier molecular flexibility index (Phi) is 6.11. The molecular weight excluding hydrogens is 360 g/mol. The first-order chi connectivity index (χ1) is 13.1. The summed E-state index contributed by atoms with van der Waals surface area (Å²) in [6, 6.07) is 15.8. The molecule has 0 aliphatic heterocycles. The Morgan fingerprint density at radius 3 is 2.67 bits per heavy atom. The second-order valence-corrected chi connectivity index (χ2v) is 6.42. The number of rotatable bonds is 7. The highest BCUT2D eigenvalue weighted by atomic mass is 32.1. The van der Waals surface area contributed by atoms with Gasteiger partial charge in [0.15, 0.2) is 5.11 Å². The zero-order valence-corrected chi connectivity index (χ0v) is 15.7. The predicted octanol–water partition coefficient (Wildman–Crippen LogP) is 2.38. The van der Waals surface area contributed by atoms with Crippen LogP contribution in [0.15, 0.2) is 59.8 Å². The van der Waals surface area contributed by atoms with Crippen LogP contribution in [0.5, 0.6) is 5.75 Å². The molecule has 1 aromatic heterocycles. The van der Waals surface area contributed by atoms with Gasteiger partial charge in [-0.05, 0) is 54.5 Å². The Balaban J connectivity index is 1.51. The number of aromatic nitrogens is 3. The molecule has 0 radical (unpaired) electrons. The number of ether oxygens (including phenoxy) is 1. The SMILES string of the molecule is Cc1ccc(Cn2cc(COc3ccc(/C=N/NC(N)=S)cc3)nn2)cc1. The highest BCUT2D eigenvalue weighted by Gasteiger charge is 2.03. The molecule has 0 fully saturated rings. The van der Waals surface area contributed by atoms with Crippen molar-refractivity contribution >= 4 is 23.5 Å². The van der Waals surface area contributed by atoms with E-state index in [0.29, 0.717) is 13.2 Å². The van der Waals surface area contributed by atoms with E-state index in [-0.39, 0.29) is 5.11 Å². The summed E-state index contributed by atoms with van der Waals surface area (Å²) in [5.41, 5.74) is 11.9. The van der Waals surface area contributed by atoms with Crippen molar-refractivity contribution < 1.29 is 4.74 Å². The van der Waals surface area contributed by atoms with Gasteiger partial charge in [-0.15, -0.1) is 5.10 Å². The van der Waals surface area contributed by atoms with Crippen molar-refractivity contribution in [2.24, 2.45) is 10.8 Å². The molecule has 0 aliphatic rings. The molecule has 138 valence electrons. The first-order valence-corrected chi connectivity index (χ1v) is 8.75. The average molecular weight is 380 g/mol. The Bertz CT molecular complexity index is 918. The van der Waals surface area contributed by atoms with Gasteiger partial charge in [0, 0.05) is 0 Å². The van der Waals surface area contributed by atoms with E-state index in [0.717, 1.165) is 17.0 Å². The fourth-order valence-electron chi connectivity index (χ4n) is 2.34. The summed E-state index contributed by atoms with van der Waals surface area (Å²) < 4.78 is 7.56. The lowest BCUT2D eigenvalue weighted by Crippen LogP contribution is -2.23. The zero-order chi connectivity index (χ0) is 19.1. The van der Waals surface area contributed by atoms with Gasteiger partial charge in [-0.2, -0.15) is 5.10 Å². The van der Waals surface area contributed by atoms with Crippen molar-refractivity contribution in [1.82, 2.24) is 20.4 Å².